The summed E-state index contributed by atoms with van der Waals surface area (Å²) < 4.78 is 0. The molecule has 0 heteroatoms. The van der Waals surface area contributed by atoms with E-state index in [1.165, 1.54) is 100 Å². The number of hydrogen-bond donors (Lipinski definition) is 0. The monoisotopic (exact) mass is 662 g/mol. The summed E-state index contributed by atoms with van der Waals surface area (Å²) in [6.45, 7) is 4.70. The molecule has 0 bridgehead atoms. The third-order valence-electron chi connectivity index (χ3n) is 11.5. The fourth-order valence-electron chi connectivity index (χ4n) is 8.66. The first-order valence-electron chi connectivity index (χ1n) is 18.4. The van der Waals surface area contributed by atoms with Crippen molar-refractivity contribution in [3.05, 3.63) is 204 Å². The van der Waals surface area contributed by atoms with Crippen molar-refractivity contribution in [1.29, 1.82) is 0 Å². The summed E-state index contributed by atoms with van der Waals surface area (Å²) in [4.78, 5) is 0. The predicted octanol–water partition coefficient (Wildman–Crippen LogP) is 13.9. The molecular weight excluding hydrogens is 625 g/mol. The van der Waals surface area contributed by atoms with Gasteiger partial charge >= 0.3 is 0 Å². The van der Waals surface area contributed by atoms with E-state index >= 15 is 0 Å². The Morgan fingerprint density at radius 2 is 0.731 bits per heavy atom. The molecule has 0 spiro atoms. The van der Waals surface area contributed by atoms with Crippen LogP contribution in [-0.4, -0.2) is 0 Å². The van der Waals surface area contributed by atoms with Gasteiger partial charge in [-0.2, -0.15) is 0 Å². The van der Waals surface area contributed by atoms with E-state index in [1.807, 2.05) is 0 Å². The van der Waals surface area contributed by atoms with E-state index in [9.17, 15) is 0 Å². The summed E-state index contributed by atoms with van der Waals surface area (Å²) in [5.74, 6) is 0. The van der Waals surface area contributed by atoms with E-state index in [4.69, 9.17) is 0 Å². The molecule has 0 aromatic heterocycles. The van der Waals surface area contributed by atoms with Gasteiger partial charge in [0.15, 0.2) is 0 Å². The molecule has 0 fully saturated rings. The SMILES string of the molecule is CC1(C)c2ccccc2-c2ccc(-c3ccc(-c4cc(-c5ccccc5)cc(-c5ccc(-c6ccc7c(c6)-c6ccccc6C7)cc5)c4)cc3)cc21. The van der Waals surface area contributed by atoms with Crippen molar-refractivity contribution in [2.24, 2.45) is 0 Å². The highest BCUT2D eigenvalue weighted by atomic mass is 14.4. The zero-order valence-corrected chi connectivity index (χ0v) is 29.5. The topological polar surface area (TPSA) is 0 Å². The van der Waals surface area contributed by atoms with Crippen molar-refractivity contribution >= 4 is 0 Å². The first kappa shape index (κ1) is 30.6. The molecule has 246 valence electrons. The van der Waals surface area contributed by atoms with Crippen LogP contribution in [0.5, 0.6) is 0 Å². The van der Waals surface area contributed by atoms with Gasteiger partial charge in [-0.05, 0) is 137 Å². The Morgan fingerprint density at radius 1 is 0.288 bits per heavy atom. The highest BCUT2D eigenvalue weighted by molar-refractivity contribution is 5.86. The van der Waals surface area contributed by atoms with Crippen molar-refractivity contribution in [2.75, 3.05) is 0 Å². The molecule has 2 aliphatic carbocycles. The molecule has 0 saturated heterocycles. The zero-order valence-electron chi connectivity index (χ0n) is 29.5. The second kappa shape index (κ2) is 11.9. The molecule has 2 aliphatic rings. The predicted molar refractivity (Wildman–Crippen MR) is 219 cm³/mol. The average Bonchev–Trinajstić information content (AvgIpc) is 3.69. The van der Waals surface area contributed by atoms with E-state index in [0.29, 0.717) is 0 Å². The molecule has 8 aromatic rings. The highest BCUT2D eigenvalue weighted by Gasteiger charge is 2.35. The summed E-state index contributed by atoms with van der Waals surface area (Å²) in [5.41, 5.74) is 23.4. The first-order valence-corrected chi connectivity index (χ1v) is 18.4. The van der Waals surface area contributed by atoms with Gasteiger partial charge in [-0.25, -0.2) is 0 Å². The van der Waals surface area contributed by atoms with Crippen LogP contribution in [-0.2, 0) is 11.8 Å². The number of benzene rings is 8. The summed E-state index contributed by atoms with van der Waals surface area (Å²) >= 11 is 0. The van der Waals surface area contributed by atoms with Crippen molar-refractivity contribution in [2.45, 2.75) is 25.7 Å². The minimum atomic E-state index is -0.0122. The van der Waals surface area contributed by atoms with Gasteiger partial charge in [-0.15, -0.1) is 0 Å². The Morgan fingerprint density at radius 3 is 1.38 bits per heavy atom. The van der Waals surface area contributed by atoms with Gasteiger partial charge in [0.1, 0.15) is 0 Å². The van der Waals surface area contributed by atoms with Gasteiger partial charge in [0, 0.05) is 5.41 Å². The highest BCUT2D eigenvalue weighted by Crippen LogP contribution is 2.49. The van der Waals surface area contributed by atoms with Gasteiger partial charge in [0.25, 0.3) is 0 Å². The molecule has 0 N–H and O–H groups in total. The Kier molecular flexibility index (Phi) is 7.01. The van der Waals surface area contributed by atoms with Crippen LogP contribution < -0.4 is 0 Å². The standard InChI is InChI=1S/C52H38/c1-52(2)50-15-9-8-14-47(50)48-27-26-40(33-51(48)52)36-18-22-38(23-19-36)45-30-43(34-10-4-3-5-11-34)29-44(31-45)37-20-16-35(17-21-37)39-24-25-42-28-41-12-6-7-13-46(41)49(42)32-39/h3-27,29-33H,28H2,1-2H3. The minimum absolute atomic E-state index is 0.0122. The van der Waals surface area contributed by atoms with Crippen molar-refractivity contribution < 1.29 is 0 Å². The first-order chi connectivity index (χ1) is 25.5. The average molecular weight is 663 g/mol. The molecule has 8 aromatic carbocycles. The molecule has 0 unspecified atom stereocenters. The van der Waals surface area contributed by atoms with Crippen LogP contribution in [0.1, 0.15) is 36.1 Å². The molecule has 10 rings (SSSR count). The van der Waals surface area contributed by atoms with Crippen LogP contribution in [0.15, 0.2) is 182 Å². The maximum Gasteiger partial charge on any atom is 0.0159 e. The molecule has 0 atom stereocenters. The van der Waals surface area contributed by atoms with E-state index in [2.05, 4.69) is 196 Å². The molecule has 0 amide bonds. The van der Waals surface area contributed by atoms with Gasteiger partial charge in [-0.3, -0.25) is 0 Å². The van der Waals surface area contributed by atoms with Gasteiger partial charge in [-0.1, -0.05) is 166 Å². The summed E-state index contributed by atoms with van der Waals surface area (Å²) in [5, 5.41) is 0. The van der Waals surface area contributed by atoms with Gasteiger partial charge in [0.05, 0.1) is 0 Å². The third-order valence-corrected chi connectivity index (χ3v) is 11.5. The molecular formula is C52H38. The van der Waals surface area contributed by atoms with Crippen molar-refractivity contribution in [3.8, 4) is 77.9 Å². The third kappa shape index (κ3) is 5.06. The van der Waals surface area contributed by atoms with Crippen LogP contribution in [0.3, 0.4) is 0 Å². The van der Waals surface area contributed by atoms with Crippen LogP contribution in [0, 0.1) is 0 Å². The fraction of sp³-hybridized carbons (Fsp3) is 0.0769. The number of fused-ring (bicyclic) bond motifs is 6. The number of hydrogen-bond acceptors (Lipinski definition) is 0. The lowest BCUT2D eigenvalue weighted by Gasteiger charge is -2.22. The molecule has 0 heterocycles. The largest absolute Gasteiger partial charge is 0.0622 e. The lowest BCUT2D eigenvalue weighted by Crippen LogP contribution is -2.14. The van der Waals surface area contributed by atoms with Crippen molar-refractivity contribution in [1.82, 2.24) is 0 Å². The van der Waals surface area contributed by atoms with Crippen LogP contribution in [0.25, 0.3) is 77.9 Å². The fourth-order valence-corrected chi connectivity index (χ4v) is 8.66. The molecule has 52 heavy (non-hydrogen) atoms. The lowest BCUT2D eigenvalue weighted by molar-refractivity contribution is 0.660. The van der Waals surface area contributed by atoms with Crippen molar-refractivity contribution in [3.63, 3.8) is 0 Å². The Hall–Kier alpha value is -6.24. The summed E-state index contributed by atoms with van der Waals surface area (Å²) in [6, 6.07) is 67.6. The second-order valence-electron chi connectivity index (χ2n) is 15.0. The smallest absolute Gasteiger partial charge is 0.0159 e. The summed E-state index contributed by atoms with van der Waals surface area (Å²) in [7, 11) is 0. The molecule has 0 nitrogen and oxygen atoms in total. The van der Waals surface area contributed by atoms with E-state index in [-0.39, 0.29) is 5.41 Å². The maximum absolute atomic E-state index is 2.41. The Bertz CT molecular complexity index is 2640. The molecule has 0 aliphatic heterocycles. The Balaban J connectivity index is 0.986. The quantitative estimate of drug-likeness (QED) is 0.172. The van der Waals surface area contributed by atoms with Crippen LogP contribution in [0.2, 0.25) is 0 Å². The Labute approximate surface area is 306 Å². The van der Waals surface area contributed by atoms with E-state index in [0.717, 1.165) is 6.42 Å². The lowest BCUT2D eigenvalue weighted by atomic mass is 9.81. The van der Waals surface area contributed by atoms with E-state index in [1.54, 1.807) is 0 Å². The zero-order chi connectivity index (χ0) is 34.8. The van der Waals surface area contributed by atoms with Crippen LogP contribution >= 0.6 is 0 Å². The minimum Gasteiger partial charge on any atom is -0.0622 e. The van der Waals surface area contributed by atoms with Gasteiger partial charge in [0.2, 0.25) is 0 Å². The molecule has 0 radical (unpaired) electrons. The van der Waals surface area contributed by atoms with Gasteiger partial charge < -0.3 is 0 Å². The molecule has 0 saturated carbocycles. The van der Waals surface area contributed by atoms with E-state index < -0.39 is 0 Å². The van der Waals surface area contributed by atoms with Crippen LogP contribution in [0.4, 0.5) is 0 Å². The summed E-state index contributed by atoms with van der Waals surface area (Å²) in [6.07, 6.45) is 1.02. The number of rotatable bonds is 5. The normalized spacial score (nSPS) is 13.3. The second-order valence-corrected chi connectivity index (χ2v) is 15.0. The maximum atomic E-state index is 2.41.